The van der Waals surface area contributed by atoms with E-state index >= 15 is 0 Å². The zero-order valence-corrected chi connectivity index (χ0v) is 10.7. The van der Waals surface area contributed by atoms with Gasteiger partial charge in [0.15, 0.2) is 0 Å². The van der Waals surface area contributed by atoms with Gasteiger partial charge in [-0.15, -0.1) is 0 Å². The van der Waals surface area contributed by atoms with Gasteiger partial charge in [0.2, 0.25) is 0 Å². The quantitative estimate of drug-likeness (QED) is 0.717. The molecule has 0 aromatic heterocycles. The van der Waals surface area contributed by atoms with Gasteiger partial charge >= 0.3 is 0 Å². The summed E-state index contributed by atoms with van der Waals surface area (Å²) in [6, 6.07) is 1.46. The Morgan fingerprint density at radius 1 is 1.47 bits per heavy atom. The Morgan fingerprint density at radius 2 is 2.20 bits per heavy atom. The molecule has 1 N–H and O–H groups in total. The molecule has 0 saturated carbocycles. The van der Waals surface area contributed by atoms with Crippen molar-refractivity contribution in [3.05, 3.63) is 11.6 Å². The molecule has 1 rings (SSSR count). The summed E-state index contributed by atoms with van der Waals surface area (Å²) in [6.45, 7) is 12.4. The molecule has 15 heavy (non-hydrogen) atoms. The van der Waals surface area contributed by atoms with Gasteiger partial charge in [0.05, 0.1) is 0 Å². The summed E-state index contributed by atoms with van der Waals surface area (Å²) in [5, 5.41) is 3.56. The Bertz CT molecular complexity index is 207. The van der Waals surface area contributed by atoms with Crippen molar-refractivity contribution < 1.29 is 0 Å². The van der Waals surface area contributed by atoms with Crippen LogP contribution in [0.15, 0.2) is 11.6 Å². The zero-order chi connectivity index (χ0) is 11.3. The molecule has 2 atom stereocenters. The van der Waals surface area contributed by atoms with Crippen LogP contribution < -0.4 is 5.32 Å². The summed E-state index contributed by atoms with van der Waals surface area (Å²) in [6.07, 6.45) is 4.93. The molecule has 1 saturated heterocycles. The van der Waals surface area contributed by atoms with Crippen LogP contribution in [0.3, 0.4) is 0 Å². The second-order valence-electron chi connectivity index (χ2n) is 4.90. The lowest BCUT2D eigenvalue weighted by Crippen LogP contribution is -2.47. The number of hydrogen-bond acceptors (Lipinski definition) is 2. The fourth-order valence-corrected chi connectivity index (χ4v) is 2.27. The average molecular weight is 210 g/mol. The van der Waals surface area contributed by atoms with Crippen molar-refractivity contribution in [3.63, 3.8) is 0 Å². The van der Waals surface area contributed by atoms with Crippen molar-refractivity contribution in [1.82, 2.24) is 10.2 Å². The molecular weight excluding hydrogens is 184 g/mol. The summed E-state index contributed by atoms with van der Waals surface area (Å²) in [5.74, 6) is 0. The van der Waals surface area contributed by atoms with Crippen LogP contribution in [0, 0.1) is 0 Å². The summed E-state index contributed by atoms with van der Waals surface area (Å²) >= 11 is 0. The Kier molecular flexibility index (Phi) is 5.34. The lowest BCUT2D eigenvalue weighted by molar-refractivity contribution is 0.151. The Balaban J connectivity index is 2.35. The van der Waals surface area contributed by atoms with Crippen LogP contribution >= 0.6 is 0 Å². The summed E-state index contributed by atoms with van der Waals surface area (Å²) in [4.78, 5) is 2.58. The van der Waals surface area contributed by atoms with Crippen molar-refractivity contribution in [2.24, 2.45) is 0 Å². The van der Waals surface area contributed by atoms with Gasteiger partial charge in [0, 0.05) is 25.2 Å². The Morgan fingerprint density at radius 3 is 2.73 bits per heavy atom. The summed E-state index contributed by atoms with van der Waals surface area (Å²) < 4.78 is 0. The van der Waals surface area contributed by atoms with Crippen molar-refractivity contribution in [2.45, 2.75) is 52.6 Å². The fourth-order valence-electron chi connectivity index (χ4n) is 2.27. The third kappa shape index (κ3) is 4.35. The van der Waals surface area contributed by atoms with Crippen molar-refractivity contribution in [3.8, 4) is 0 Å². The molecule has 88 valence electrons. The summed E-state index contributed by atoms with van der Waals surface area (Å²) in [7, 11) is 0. The third-order valence-corrected chi connectivity index (χ3v) is 3.24. The first-order valence-electron chi connectivity index (χ1n) is 6.24. The SMILES string of the molecule is CCNC1CCN(CC=C(C)C)C(C)C1. The predicted molar refractivity (Wildman–Crippen MR) is 67.2 cm³/mol. The van der Waals surface area contributed by atoms with Crippen LogP contribution in [0.4, 0.5) is 0 Å². The molecule has 1 aliphatic rings. The number of likely N-dealkylation sites (tertiary alicyclic amines) is 1. The van der Waals surface area contributed by atoms with Gasteiger partial charge < -0.3 is 5.32 Å². The maximum Gasteiger partial charge on any atom is 0.0168 e. The molecule has 0 aromatic carbocycles. The monoisotopic (exact) mass is 210 g/mol. The van der Waals surface area contributed by atoms with E-state index in [0.717, 1.165) is 25.2 Å². The van der Waals surface area contributed by atoms with Gasteiger partial charge in [0.1, 0.15) is 0 Å². The highest BCUT2D eigenvalue weighted by atomic mass is 15.2. The molecule has 0 aromatic rings. The lowest BCUT2D eigenvalue weighted by atomic mass is 9.98. The number of nitrogens with one attached hydrogen (secondary N) is 1. The van der Waals surface area contributed by atoms with Gasteiger partial charge in [-0.3, -0.25) is 4.90 Å². The molecule has 2 unspecified atom stereocenters. The van der Waals surface area contributed by atoms with Gasteiger partial charge in [-0.2, -0.15) is 0 Å². The highest BCUT2D eigenvalue weighted by molar-refractivity contribution is 4.96. The van der Waals surface area contributed by atoms with Crippen LogP contribution in [0.25, 0.3) is 0 Å². The van der Waals surface area contributed by atoms with Crippen LogP contribution in [-0.4, -0.2) is 36.6 Å². The van der Waals surface area contributed by atoms with E-state index in [1.54, 1.807) is 0 Å². The molecule has 0 spiro atoms. The van der Waals surface area contributed by atoms with E-state index < -0.39 is 0 Å². The molecule has 1 heterocycles. The normalized spacial score (nSPS) is 27.7. The molecule has 1 aliphatic heterocycles. The first-order valence-corrected chi connectivity index (χ1v) is 6.24. The minimum atomic E-state index is 0.721. The largest absolute Gasteiger partial charge is 0.314 e. The number of nitrogens with zero attached hydrogens (tertiary/aromatic N) is 1. The zero-order valence-electron chi connectivity index (χ0n) is 10.7. The maximum absolute atomic E-state index is 3.56. The standard InChI is InChI=1S/C13H26N2/c1-5-14-13-7-9-15(12(4)10-13)8-6-11(2)3/h6,12-14H,5,7-10H2,1-4H3. The van der Waals surface area contributed by atoms with Crippen LogP contribution in [0.2, 0.25) is 0 Å². The van der Waals surface area contributed by atoms with E-state index in [-0.39, 0.29) is 0 Å². The van der Waals surface area contributed by atoms with Crippen molar-refractivity contribution in [2.75, 3.05) is 19.6 Å². The molecule has 2 nitrogen and oxygen atoms in total. The van der Waals surface area contributed by atoms with Gasteiger partial charge in [-0.05, 0) is 40.2 Å². The van der Waals surface area contributed by atoms with Crippen molar-refractivity contribution in [1.29, 1.82) is 0 Å². The van der Waals surface area contributed by atoms with E-state index in [9.17, 15) is 0 Å². The lowest BCUT2D eigenvalue weighted by Gasteiger charge is -2.37. The van der Waals surface area contributed by atoms with E-state index in [4.69, 9.17) is 0 Å². The second-order valence-corrected chi connectivity index (χ2v) is 4.90. The van der Waals surface area contributed by atoms with Gasteiger partial charge in [0.25, 0.3) is 0 Å². The number of allylic oxidation sites excluding steroid dienone is 1. The third-order valence-electron chi connectivity index (χ3n) is 3.24. The van der Waals surface area contributed by atoms with E-state index in [0.29, 0.717) is 0 Å². The molecule has 2 heteroatoms. The van der Waals surface area contributed by atoms with Gasteiger partial charge in [-0.25, -0.2) is 0 Å². The van der Waals surface area contributed by atoms with Crippen molar-refractivity contribution >= 4 is 0 Å². The minimum Gasteiger partial charge on any atom is -0.314 e. The molecule has 0 bridgehead atoms. The maximum atomic E-state index is 3.56. The van der Waals surface area contributed by atoms with E-state index in [2.05, 4.69) is 44.0 Å². The molecule has 0 amide bonds. The number of piperidine rings is 1. The van der Waals surface area contributed by atoms with E-state index in [1.807, 2.05) is 0 Å². The predicted octanol–water partition coefficient (Wildman–Crippen LogP) is 2.42. The highest BCUT2D eigenvalue weighted by Gasteiger charge is 2.23. The average Bonchev–Trinajstić information content (AvgIpc) is 2.17. The molecule has 0 aliphatic carbocycles. The first-order chi connectivity index (χ1) is 7.13. The Hall–Kier alpha value is -0.340. The molecule has 0 radical (unpaired) electrons. The van der Waals surface area contributed by atoms with Gasteiger partial charge in [-0.1, -0.05) is 18.6 Å². The minimum absolute atomic E-state index is 0.721. The van der Waals surface area contributed by atoms with Crippen LogP contribution in [0.1, 0.15) is 40.5 Å². The van der Waals surface area contributed by atoms with Crippen LogP contribution in [0.5, 0.6) is 0 Å². The smallest absolute Gasteiger partial charge is 0.0168 e. The second kappa shape index (κ2) is 6.29. The molecule has 1 fully saturated rings. The van der Waals surface area contributed by atoms with Crippen LogP contribution in [-0.2, 0) is 0 Å². The first kappa shape index (κ1) is 12.7. The fraction of sp³-hybridized carbons (Fsp3) is 0.846. The highest BCUT2D eigenvalue weighted by Crippen LogP contribution is 2.17. The summed E-state index contributed by atoms with van der Waals surface area (Å²) in [5.41, 5.74) is 1.43. The number of rotatable bonds is 4. The Labute approximate surface area is 94.7 Å². The molecular formula is C13H26N2. The number of hydrogen-bond donors (Lipinski definition) is 1. The topological polar surface area (TPSA) is 15.3 Å². The van der Waals surface area contributed by atoms with E-state index in [1.165, 1.54) is 25.0 Å².